The summed E-state index contributed by atoms with van der Waals surface area (Å²) in [5.41, 5.74) is 8.79. The van der Waals surface area contributed by atoms with E-state index in [4.69, 9.17) is 0 Å². The van der Waals surface area contributed by atoms with Crippen LogP contribution in [0, 0.1) is 0 Å². The maximum absolute atomic E-state index is 13.0. The van der Waals surface area contributed by atoms with Crippen LogP contribution in [0.5, 0.6) is 0 Å². The molecule has 0 spiro atoms. The molecule has 0 unspecified atom stereocenters. The van der Waals surface area contributed by atoms with E-state index >= 15 is 0 Å². The number of hydrogen-bond acceptors (Lipinski definition) is 5. The predicted molar refractivity (Wildman–Crippen MR) is 122 cm³/mol. The number of para-hydroxylation sites is 2. The number of amides is 2. The molecule has 0 fully saturated rings. The van der Waals surface area contributed by atoms with Crippen molar-refractivity contribution in [1.29, 1.82) is 0 Å². The molecular weight excluding hydrogens is 418 g/mol. The second-order valence-electron chi connectivity index (χ2n) is 7.28. The van der Waals surface area contributed by atoms with Crippen molar-refractivity contribution in [2.45, 2.75) is 6.54 Å². The summed E-state index contributed by atoms with van der Waals surface area (Å²) in [4.78, 5) is 25.4. The Labute approximate surface area is 188 Å². The molecule has 0 atom stereocenters. The number of rotatable bonds is 5. The van der Waals surface area contributed by atoms with Gasteiger partial charge >= 0.3 is 0 Å². The van der Waals surface area contributed by atoms with Gasteiger partial charge in [0.25, 0.3) is 11.8 Å². The highest BCUT2D eigenvalue weighted by molar-refractivity contribution is 6.00. The van der Waals surface area contributed by atoms with Crippen molar-refractivity contribution in [3.63, 3.8) is 0 Å². The standard InChI is InChI=1S/C24H19N7O2/c32-22(16-31-21-14-8-7-13-20(21)25-29-31)26-27-24(33)19-15-30(18-11-5-2-6-12-18)28-23(19)17-9-3-1-4-10-17/h1-15H,16H2,(H,26,32)(H,27,33). The Morgan fingerprint density at radius 2 is 1.52 bits per heavy atom. The van der Waals surface area contributed by atoms with E-state index < -0.39 is 11.8 Å². The average Bonchev–Trinajstić information content (AvgIpc) is 3.49. The van der Waals surface area contributed by atoms with E-state index in [2.05, 4.69) is 26.3 Å². The van der Waals surface area contributed by atoms with Gasteiger partial charge in [0.05, 0.1) is 16.8 Å². The molecule has 0 bridgehead atoms. The van der Waals surface area contributed by atoms with Crippen molar-refractivity contribution in [2.75, 3.05) is 0 Å². The van der Waals surface area contributed by atoms with Gasteiger partial charge in [-0.1, -0.05) is 65.9 Å². The lowest BCUT2D eigenvalue weighted by molar-refractivity contribution is -0.122. The molecule has 9 nitrogen and oxygen atoms in total. The minimum absolute atomic E-state index is 0.0877. The first kappa shape index (κ1) is 20.1. The van der Waals surface area contributed by atoms with Crippen LogP contribution < -0.4 is 10.9 Å². The Hall–Kier alpha value is -4.79. The number of benzene rings is 3. The SMILES string of the molecule is O=C(Cn1nnc2ccccc21)NNC(=O)c1cn(-c2ccccc2)nc1-c1ccccc1. The monoisotopic (exact) mass is 437 g/mol. The summed E-state index contributed by atoms with van der Waals surface area (Å²) in [5, 5.41) is 12.6. The van der Waals surface area contributed by atoms with Crippen LogP contribution in [0.1, 0.15) is 10.4 Å². The first-order chi connectivity index (χ1) is 16.2. The van der Waals surface area contributed by atoms with Crippen LogP contribution in [0.25, 0.3) is 28.0 Å². The number of hydrazine groups is 1. The van der Waals surface area contributed by atoms with Gasteiger partial charge in [0.1, 0.15) is 17.8 Å². The number of nitrogens with one attached hydrogen (secondary N) is 2. The smallest absolute Gasteiger partial charge is 0.271 e. The van der Waals surface area contributed by atoms with Gasteiger partial charge in [0.15, 0.2) is 0 Å². The van der Waals surface area contributed by atoms with Crippen LogP contribution in [0.3, 0.4) is 0 Å². The normalized spacial score (nSPS) is 10.8. The third-order valence-corrected chi connectivity index (χ3v) is 5.06. The quantitative estimate of drug-likeness (QED) is 0.411. The van der Waals surface area contributed by atoms with Gasteiger partial charge in [-0.05, 0) is 24.3 Å². The van der Waals surface area contributed by atoms with Gasteiger partial charge in [-0.3, -0.25) is 20.4 Å². The Morgan fingerprint density at radius 3 is 2.30 bits per heavy atom. The molecule has 2 aromatic heterocycles. The average molecular weight is 437 g/mol. The summed E-state index contributed by atoms with van der Waals surface area (Å²) in [7, 11) is 0. The summed E-state index contributed by atoms with van der Waals surface area (Å²) >= 11 is 0. The van der Waals surface area contributed by atoms with Crippen LogP contribution in [0.4, 0.5) is 0 Å². The molecule has 5 aromatic rings. The second kappa shape index (κ2) is 8.75. The second-order valence-corrected chi connectivity index (χ2v) is 7.28. The van der Waals surface area contributed by atoms with Crippen LogP contribution >= 0.6 is 0 Å². The van der Waals surface area contributed by atoms with Crippen LogP contribution in [0.2, 0.25) is 0 Å². The summed E-state index contributed by atoms with van der Waals surface area (Å²) in [6, 6.07) is 26.2. The fraction of sp³-hybridized carbons (Fsp3) is 0.0417. The number of fused-ring (bicyclic) bond motifs is 1. The molecule has 0 aliphatic heterocycles. The van der Waals surface area contributed by atoms with Crippen molar-refractivity contribution in [2.24, 2.45) is 0 Å². The molecule has 0 saturated carbocycles. The Kier molecular flexibility index (Phi) is 5.34. The van der Waals surface area contributed by atoms with Gasteiger partial charge in [-0.2, -0.15) is 5.10 Å². The molecule has 162 valence electrons. The molecule has 5 rings (SSSR count). The maximum atomic E-state index is 13.0. The molecule has 0 aliphatic rings. The minimum Gasteiger partial charge on any atom is -0.271 e. The summed E-state index contributed by atoms with van der Waals surface area (Å²) in [6.07, 6.45) is 1.64. The lowest BCUT2D eigenvalue weighted by Crippen LogP contribution is -2.43. The Morgan fingerprint density at radius 1 is 0.818 bits per heavy atom. The summed E-state index contributed by atoms with van der Waals surface area (Å²) < 4.78 is 3.11. The number of carbonyl (C=O) groups is 2. The third kappa shape index (κ3) is 4.19. The Balaban J connectivity index is 1.35. The molecule has 0 radical (unpaired) electrons. The first-order valence-electron chi connectivity index (χ1n) is 10.3. The van der Waals surface area contributed by atoms with Gasteiger partial charge < -0.3 is 0 Å². The molecule has 2 heterocycles. The third-order valence-electron chi connectivity index (χ3n) is 5.06. The lowest BCUT2D eigenvalue weighted by Gasteiger charge is -2.08. The topological polar surface area (TPSA) is 107 Å². The first-order valence-corrected chi connectivity index (χ1v) is 10.3. The van der Waals surface area contributed by atoms with Gasteiger partial charge in [0, 0.05) is 11.8 Å². The van der Waals surface area contributed by atoms with E-state index in [-0.39, 0.29) is 6.54 Å². The van der Waals surface area contributed by atoms with Crippen molar-refractivity contribution in [1.82, 2.24) is 35.6 Å². The lowest BCUT2D eigenvalue weighted by atomic mass is 10.1. The van der Waals surface area contributed by atoms with Crippen molar-refractivity contribution in [3.8, 4) is 16.9 Å². The van der Waals surface area contributed by atoms with Gasteiger partial charge in [0.2, 0.25) is 0 Å². The number of hydrogen-bond donors (Lipinski definition) is 2. The number of carbonyl (C=O) groups excluding carboxylic acids is 2. The number of nitrogens with zero attached hydrogens (tertiary/aromatic N) is 5. The van der Waals surface area contributed by atoms with Crippen LogP contribution in [0.15, 0.2) is 91.1 Å². The van der Waals surface area contributed by atoms with E-state index in [0.29, 0.717) is 16.8 Å². The molecule has 9 heteroatoms. The number of aromatic nitrogens is 5. The van der Waals surface area contributed by atoms with E-state index in [9.17, 15) is 9.59 Å². The molecular formula is C24H19N7O2. The van der Waals surface area contributed by atoms with Crippen molar-refractivity contribution in [3.05, 3.63) is 96.7 Å². The van der Waals surface area contributed by atoms with Crippen LogP contribution in [-0.4, -0.2) is 36.6 Å². The van der Waals surface area contributed by atoms with E-state index in [1.807, 2.05) is 84.9 Å². The molecule has 0 aliphatic carbocycles. The van der Waals surface area contributed by atoms with Crippen LogP contribution in [-0.2, 0) is 11.3 Å². The fourth-order valence-electron chi connectivity index (χ4n) is 3.47. The summed E-state index contributed by atoms with van der Waals surface area (Å²) in [6.45, 7) is -0.0877. The highest BCUT2D eigenvalue weighted by Crippen LogP contribution is 2.23. The van der Waals surface area contributed by atoms with Gasteiger partial charge in [-0.15, -0.1) is 5.10 Å². The highest BCUT2D eigenvalue weighted by Gasteiger charge is 2.19. The fourth-order valence-corrected chi connectivity index (χ4v) is 3.47. The van der Waals surface area contributed by atoms with E-state index in [0.717, 1.165) is 16.8 Å². The van der Waals surface area contributed by atoms with Crippen molar-refractivity contribution >= 4 is 22.8 Å². The largest absolute Gasteiger partial charge is 0.273 e. The Bertz CT molecular complexity index is 1430. The zero-order chi connectivity index (χ0) is 22.6. The molecule has 2 N–H and O–H groups in total. The van der Waals surface area contributed by atoms with Gasteiger partial charge in [-0.25, -0.2) is 9.36 Å². The molecule has 0 saturated heterocycles. The maximum Gasteiger partial charge on any atom is 0.273 e. The van der Waals surface area contributed by atoms with E-state index in [1.165, 1.54) is 4.68 Å². The molecule has 33 heavy (non-hydrogen) atoms. The summed E-state index contributed by atoms with van der Waals surface area (Å²) in [5.74, 6) is -0.913. The minimum atomic E-state index is -0.479. The zero-order valence-electron chi connectivity index (χ0n) is 17.4. The molecule has 2 amide bonds. The van der Waals surface area contributed by atoms with E-state index in [1.54, 1.807) is 10.9 Å². The zero-order valence-corrected chi connectivity index (χ0v) is 17.4. The highest BCUT2D eigenvalue weighted by atomic mass is 16.2. The predicted octanol–water partition coefficient (Wildman–Crippen LogP) is 2.75. The molecule has 3 aromatic carbocycles. The van der Waals surface area contributed by atoms with Crippen molar-refractivity contribution < 1.29 is 9.59 Å².